The number of hydrogen-bond acceptors (Lipinski definition) is 3. The van der Waals surface area contributed by atoms with Crippen molar-refractivity contribution in [3.8, 4) is 0 Å². The first-order valence-electron chi connectivity index (χ1n) is 3.74. The molecule has 1 N–H and O–H groups in total. The number of aryl methyl sites for hydroxylation is 1. The third kappa shape index (κ3) is 1.04. The zero-order chi connectivity index (χ0) is 7.68. The van der Waals surface area contributed by atoms with E-state index in [4.69, 9.17) is 0 Å². The van der Waals surface area contributed by atoms with E-state index < -0.39 is 0 Å². The minimum absolute atomic E-state index is 0.160. The van der Waals surface area contributed by atoms with Crippen LogP contribution in [-0.2, 0) is 17.6 Å². The molecule has 0 unspecified atom stereocenters. The summed E-state index contributed by atoms with van der Waals surface area (Å²) in [6.45, 7) is 0. The van der Waals surface area contributed by atoms with E-state index in [1.165, 1.54) is 0 Å². The van der Waals surface area contributed by atoms with E-state index in [-0.39, 0.29) is 5.92 Å². The SMILES string of the molecule is O=C[C@@H]1CCc2n[nH]nc2C1. The Labute approximate surface area is 64.0 Å². The second-order valence-corrected chi connectivity index (χ2v) is 2.86. The summed E-state index contributed by atoms with van der Waals surface area (Å²) in [5.74, 6) is 0.160. The molecule has 0 aromatic carbocycles. The second kappa shape index (κ2) is 2.45. The first-order chi connectivity index (χ1) is 5.40. The molecular formula is C7H9N3O. The lowest BCUT2D eigenvalue weighted by molar-refractivity contribution is -0.111. The third-order valence-electron chi connectivity index (χ3n) is 2.10. The first-order valence-corrected chi connectivity index (χ1v) is 3.74. The summed E-state index contributed by atoms with van der Waals surface area (Å²) in [6, 6.07) is 0. The Morgan fingerprint density at radius 1 is 1.45 bits per heavy atom. The number of nitrogens with one attached hydrogen (secondary N) is 1. The van der Waals surface area contributed by atoms with Crippen molar-refractivity contribution in [2.24, 2.45) is 5.92 Å². The van der Waals surface area contributed by atoms with Gasteiger partial charge in [0, 0.05) is 12.3 Å². The molecular weight excluding hydrogens is 142 g/mol. The average Bonchev–Trinajstić information content (AvgIpc) is 2.50. The number of aldehydes is 1. The van der Waals surface area contributed by atoms with Gasteiger partial charge in [0.05, 0.1) is 11.4 Å². The average molecular weight is 151 g/mol. The number of H-pyrrole nitrogens is 1. The van der Waals surface area contributed by atoms with Gasteiger partial charge in [-0.3, -0.25) is 0 Å². The van der Waals surface area contributed by atoms with Gasteiger partial charge in [-0.1, -0.05) is 0 Å². The highest BCUT2D eigenvalue weighted by Gasteiger charge is 2.20. The van der Waals surface area contributed by atoms with Crippen LogP contribution in [0.2, 0.25) is 0 Å². The van der Waals surface area contributed by atoms with E-state index in [1.807, 2.05) is 0 Å². The van der Waals surface area contributed by atoms with Crippen molar-refractivity contribution in [3.05, 3.63) is 11.4 Å². The van der Waals surface area contributed by atoms with Crippen molar-refractivity contribution in [1.29, 1.82) is 0 Å². The van der Waals surface area contributed by atoms with Crippen LogP contribution in [0.1, 0.15) is 17.8 Å². The molecule has 1 aliphatic carbocycles. The van der Waals surface area contributed by atoms with Crippen molar-refractivity contribution in [2.45, 2.75) is 19.3 Å². The second-order valence-electron chi connectivity index (χ2n) is 2.86. The summed E-state index contributed by atoms with van der Waals surface area (Å²) in [5.41, 5.74) is 2.00. The van der Waals surface area contributed by atoms with Gasteiger partial charge in [0.1, 0.15) is 6.29 Å². The molecule has 58 valence electrons. The molecule has 1 aromatic heterocycles. The summed E-state index contributed by atoms with van der Waals surface area (Å²) in [7, 11) is 0. The molecule has 4 heteroatoms. The quantitative estimate of drug-likeness (QED) is 0.579. The predicted octanol–water partition coefficient (Wildman–Crippen LogP) is 0.108. The predicted molar refractivity (Wildman–Crippen MR) is 38.0 cm³/mol. The van der Waals surface area contributed by atoms with Crippen molar-refractivity contribution in [2.75, 3.05) is 0 Å². The van der Waals surface area contributed by atoms with E-state index >= 15 is 0 Å². The number of rotatable bonds is 1. The summed E-state index contributed by atoms with van der Waals surface area (Å²) in [5, 5.41) is 10.5. The lowest BCUT2D eigenvalue weighted by atomic mass is 9.91. The maximum absolute atomic E-state index is 10.4. The van der Waals surface area contributed by atoms with Crippen molar-refractivity contribution >= 4 is 6.29 Å². The molecule has 0 bridgehead atoms. The highest BCUT2D eigenvalue weighted by molar-refractivity contribution is 5.54. The van der Waals surface area contributed by atoms with Crippen LogP contribution in [0, 0.1) is 5.92 Å². The van der Waals surface area contributed by atoms with E-state index in [1.54, 1.807) is 0 Å². The number of fused-ring (bicyclic) bond motifs is 1. The molecule has 11 heavy (non-hydrogen) atoms. The number of hydrogen-bond donors (Lipinski definition) is 1. The van der Waals surface area contributed by atoms with Crippen LogP contribution in [-0.4, -0.2) is 21.7 Å². The molecule has 0 amide bonds. The van der Waals surface area contributed by atoms with Crippen molar-refractivity contribution < 1.29 is 4.79 Å². The van der Waals surface area contributed by atoms with E-state index in [2.05, 4.69) is 15.4 Å². The molecule has 4 nitrogen and oxygen atoms in total. The van der Waals surface area contributed by atoms with Gasteiger partial charge in [-0.05, 0) is 12.8 Å². The molecule has 1 heterocycles. The normalized spacial score (nSPS) is 22.7. The fraction of sp³-hybridized carbons (Fsp3) is 0.571. The first kappa shape index (κ1) is 6.52. The van der Waals surface area contributed by atoms with Gasteiger partial charge in [0.25, 0.3) is 0 Å². The van der Waals surface area contributed by atoms with Gasteiger partial charge in [-0.15, -0.1) is 0 Å². The molecule has 0 spiro atoms. The minimum Gasteiger partial charge on any atom is -0.303 e. The highest BCUT2D eigenvalue weighted by atomic mass is 16.1. The maximum atomic E-state index is 10.4. The zero-order valence-corrected chi connectivity index (χ0v) is 6.08. The van der Waals surface area contributed by atoms with Crippen LogP contribution < -0.4 is 0 Å². The van der Waals surface area contributed by atoms with Crippen LogP contribution in [0.15, 0.2) is 0 Å². The van der Waals surface area contributed by atoms with E-state index in [0.717, 1.165) is 36.9 Å². The Kier molecular flexibility index (Phi) is 1.45. The molecule has 0 saturated heterocycles. The number of aromatic amines is 1. The Hall–Kier alpha value is -1.19. The fourth-order valence-corrected chi connectivity index (χ4v) is 1.43. The summed E-state index contributed by atoms with van der Waals surface area (Å²) < 4.78 is 0. The van der Waals surface area contributed by atoms with E-state index in [0.29, 0.717) is 0 Å². The molecule has 0 aliphatic heterocycles. The van der Waals surface area contributed by atoms with Gasteiger partial charge in [-0.2, -0.15) is 15.4 Å². The molecule has 0 radical (unpaired) electrons. The maximum Gasteiger partial charge on any atom is 0.123 e. The van der Waals surface area contributed by atoms with Gasteiger partial charge in [0.15, 0.2) is 0 Å². The zero-order valence-electron chi connectivity index (χ0n) is 6.08. The van der Waals surface area contributed by atoms with Crippen LogP contribution in [0.25, 0.3) is 0 Å². The van der Waals surface area contributed by atoms with Crippen molar-refractivity contribution in [3.63, 3.8) is 0 Å². The van der Waals surface area contributed by atoms with Crippen LogP contribution >= 0.6 is 0 Å². The molecule has 1 atom stereocenters. The molecule has 2 rings (SSSR count). The third-order valence-corrected chi connectivity index (χ3v) is 2.10. The van der Waals surface area contributed by atoms with Crippen LogP contribution in [0.5, 0.6) is 0 Å². The molecule has 0 fully saturated rings. The molecule has 0 saturated carbocycles. The van der Waals surface area contributed by atoms with Crippen LogP contribution in [0.4, 0.5) is 0 Å². The van der Waals surface area contributed by atoms with Crippen molar-refractivity contribution in [1.82, 2.24) is 15.4 Å². The van der Waals surface area contributed by atoms with Gasteiger partial charge in [0.2, 0.25) is 0 Å². The lowest BCUT2D eigenvalue weighted by Crippen LogP contribution is -2.14. The summed E-state index contributed by atoms with van der Waals surface area (Å²) in [4.78, 5) is 10.4. The van der Waals surface area contributed by atoms with Gasteiger partial charge >= 0.3 is 0 Å². The number of carbonyl (C=O) groups excluding carboxylic acids is 1. The Morgan fingerprint density at radius 3 is 3.09 bits per heavy atom. The summed E-state index contributed by atoms with van der Waals surface area (Å²) >= 11 is 0. The monoisotopic (exact) mass is 151 g/mol. The summed E-state index contributed by atoms with van der Waals surface area (Å²) in [6.07, 6.45) is 3.57. The van der Waals surface area contributed by atoms with E-state index in [9.17, 15) is 4.79 Å². The Bertz CT molecular complexity index is 268. The van der Waals surface area contributed by atoms with Gasteiger partial charge in [-0.25, -0.2) is 0 Å². The highest BCUT2D eigenvalue weighted by Crippen LogP contribution is 2.19. The fourth-order valence-electron chi connectivity index (χ4n) is 1.43. The molecule has 1 aromatic rings. The largest absolute Gasteiger partial charge is 0.303 e. The number of aromatic nitrogens is 3. The smallest absolute Gasteiger partial charge is 0.123 e. The number of carbonyl (C=O) groups is 1. The lowest BCUT2D eigenvalue weighted by Gasteiger charge is -2.13. The van der Waals surface area contributed by atoms with Crippen LogP contribution in [0.3, 0.4) is 0 Å². The Morgan fingerprint density at radius 2 is 2.27 bits per heavy atom. The minimum atomic E-state index is 0.160. The standard InChI is InChI=1S/C7H9N3O/c11-4-5-1-2-6-7(3-5)9-10-8-6/h4-5H,1-3H2,(H,8,9,10)/t5-/m1/s1. The number of nitrogens with zero attached hydrogens (tertiary/aromatic N) is 2. The molecule has 1 aliphatic rings. The topological polar surface area (TPSA) is 58.6 Å². The Balaban J connectivity index is 2.24. The van der Waals surface area contributed by atoms with Gasteiger partial charge < -0.3 is 4.79 Å².